The highest BCUT2D eigenvalue weighted by atomic mass is 79.9. The Kier molecular flexibility index (Phi) is 6.62. The summed E-state index contributed by atoms with van der Waals surface area (Å²) < 4.78 is 44.5. The van der Waals surface area contributed by atoms with Gasteiger partial charge in [-0.3, -0.25) is 4.98 Å². The fourth-order valence-electron chi connectivity index (χ4n) is 5.09. The molecule has 9 heteroatoms. The maximum Gasteiger partial charge on any atom is 0.418 e. The number of aromatic nitrogens is 2. The molecule has 5 rings (SSSR count). The van der Waals surface area contributed by atoms with Crippen molar-refractivity contribution >= 4 is 38.9 Å². The molecule has 2 aromatic carbocycles. The number of benzene rings is 2. The molecule has 37 heavy (non-hydrogen) atoms. The number of anilines is 1. The maximum atomic E-state index is 13.9. The minimum absolute atomic E-state index is 0.102. The second-order valence-corrected chi connectivity index (χ2v) is 10.3. The minimum Gasteiger partial charge on any atom is -0.351 e. The standard InChI is InChI=1S/C28H24BrF3N4S/c1-16-14-19(11-12-22(16)29)36-26(25(34-27(36)37)23-9-6-7-13-33-23)20-15-17(2)35(18(20)3)24-10-5-4-8-21(24)28(30,31)32/h4-15,25-26H,1-3H3,(H,34,37)/t25-,26+/m0/s1. The second-order valence-electron chi connectivity index (χ2n) is 9.11. The highest BCUT2D eigenvalue weighted by Crippen LogP contribution is 2.45. The van der Waals surface area contributed by atoms with E-state index >= 15 is 0 Å². The van der Waals surface area contributed by atoms with Crippen molar-refractivity contribution in [3.63, 3.8) is 0 Å². The van der Waals surface area contributed by atoms with Gasteiger partial charge in [0.1, 0.15) is 0 Å². The van der Waals surface area contributed by atoms with Gasteiger partial charge in [0, 0.05) is 27.7 Å². The van der Waals surface area contributed by atoms with Crippen LogP contribution in [0.5, 0.6) is 0 Å². The van der Waals surface area contributed by atoms with Crippen LogP contribution in [0.4, 0.5) is 18.9 Å². The van der Waals surface area contributed by atoms with E-state index in [0.29, 0.717) is 16.5 Å². The highest BCUT2D eigenvalue weighted by Gasteiger charge is 2.43. The molecule has 0 bridgehead atoms. The van der Waals surface area contributed by atoms with Crippen molar-refractivity contribution in [3.05, 3.63) is 111 Å². The van der Waals surface area contributed by atoms with Gasteiger partial charge >= 0.3 is 6.18 Å². The molecule has 3 heterocycles. The van der Waals surface area contributed by atoms with Crippen LogP contribution in [0.15, 0.2) is 77.4 Å². The van der Waals surface area contributed by atoms with Crippen LogP contribution >= 0.6 is 28.1 Å². The summed E-state index contributed by atoms with van der Waals surface area (Å²) in [6.07, 6.45) is -2.75. The van der Waals surface area contributed by atoms with Crippen LogP contribution in [-0.2, 0) is 6.18 Å². The number of halogens is 4. The van der Waals surface area contributed by atoms with Gasteiger partial charge in [-0.15, -0.1) is 0 Å². The lowest BCUT2D eigenvalue weighted by Crippen LogP contribution is -2.29. The van der Waals surface area contributed by atoms with Gasteiger partial charge < -0.3 is 14.8 Å². The van der Waals surface area contributed by atoms with E-state index in [1.807, 2.05) is 68.1 Å². The van der Waals surface area contributed by atoms with E-state index in [4.69, 9.17) is 12.2 Å². The molecular weight excluding hydrogens is 561 g/mol. The first kappa shape index (κ1) is 25.5. The van der Waals surface area contributed by atoms with E-state index in [2.05, 4.69) is 26.2 Å². The Morgan fingerprint density at radius 3 is 2.38 bits per heavy atom. The molecule has 1 aliphatic rings. The van der Waals surface area contributed by atoms with Crippen LogP contribution in [-0.4, -0.2) is 14.7 Å². The van der Waals surface area contributed by atoms with Gasteiger partial charge in [-0.1, -0.05) is 34.1 Å². The van der Waals surface area contributed by atoms with Crippen molar-refractivity contribution in [2.24, 2.45) is 0 Å². The number of rotatable bonds is 4. The second kappa shape index (κ2) is 9.61. The Labute approximate surface area is 227 Å². The lowest BCUT2D eigenvalue weighted by atomic mass is 9.96. The summed E-state index contributed by atoms with van der Waals surface area (Å²) in [6, 6.07) is 18.7. The summed E-state index contributed by atoms with van der Waals surface area (Å²) in [7, 11) is 0. The summed E-state index contributed by atoms with van der Waals surface area (Å²) >= 11 is 9.38. The van der Waals surface area contributed by atoms with Gasteiger partial charge in [-0.2, -0.15) is 13.2 Å². The molecule has 4 aromatic rings. The molecule has 1 N–H and O–H groups in total. The summed E-state index contributed by atoms with van der Waals surface area (Å²) in [6.45, 7) is 5.69. The Morgan fingerprint density at radius 1 is 0.973 bits per heavy atom. The van der Waals surface area contributed by atoms with E-state index in [-0.39, 0.29) is 17.8 Å². The van der Waals surface area contributed by atoms with Gasteiger partial charge in [-0.05, 0) is 92.6 Å². The summed E-state index contributed by atoms with van der Waals surface area (Å²) in [5.74, 6) is 0. The summed E-state index contributed by atoms with van der Waals surface area (Å²) in [4.78, 5) is 6.62. The molecule has 0 amide bonds. The van der Waals surface area contributed by atoms with Gasteiger partial charge in [0.15, 0.2) is 5.11 Å². The molecule has 4 nitrogen and oxygen atoms in total. The molecule has 0 saturated carbocycles. The van der Waals surface area contributed by atoms with Crippen molar-refractivity contribution in [1.29, 1.82) is 0 Å². The number of para-hydroxylation sites is 1. The van der Waals surface area contributed by atoms with Crippen LogP contribution in [0.3, 0.4) is 0 Å². The zero-order valence-electron chi connectivity index (χ0n) is 20.3. The zero-order chi connectivity index (χ0) is 26.5. The third-order valence-electron chi connectivity index (χ3n) is 6.76. The fourth-order valence-corrected chi connectivity index (χ4v) is 5.69. The quantitative estimate of drug-likeness (QED) is 0.248. The zero-order valence-corrected chi connectivity index (χ0v) is 22.7. The van der Waals surface area contributed by atoms with Crippen LogP contribution in [0.25, 0.3) is 5.69 Å². The number of aryl methyl sites for hydroxylation is 2. The van der Waals surface area contributed by atoms with Gasteiger partial charge in [-0.25, -0.2) is 0 Å². The molecule has 2 aromatic heterocycles. The van der Waals surface area contributed by atoms with Crippen LogP contribution < -0.4 is 10.2 Å². The number of alkyl halides is 3. The fraction of sp³-hybridized carbons (Fsp3) is 0.214. The van der Waals surface area contributed by atoms with Crippen LogP contribution in [0.2, 0.25) is 0 Å². The molecule has 2 atom stereocenters. The SMILES string of the molecule is Cc1cc(N2C(=S)N[C@@H](c3ccccn3)[C@H]2c2cc(C)n(-c3ccccc3C(F)(F)F)c2C)ccc1Br. The molecular formula is C28H24BrF3N4S. The minimum atomic E-state index is -4.48. The van der Waals surface area contributed by atoms with E-state index < -0.39 is 11.7 Å². The molecule has 1 fully saturated rings. The Morgan fingerprint density at radius 2 is 1.70 bits per heavy atom. The first-order valence-corrected chi connectivity index (χ1v) is 12.9. The molecule has 1 aliphatic heterocycles. The van der Waals surface area contributed by atoms with E-state index in [9.17, 15) is 13.2 Å². The predicted octanol–water partition coefficient (Wildman–Crippen LogP) is 7.76. The van der Waals surface area contributed by atoms with Crippen molar-refractivity contribution in [1.82, 2.24) is 14.9 Å². The van der Waals surface area contributed by atoms with Crippen LogP contribution in [0, 0.1) is 20.8 Å². The molecule has 0 aliphatic carbocycles. The highest BCUT2D eigenvalue weighted by molar-refractivity contribution is 9.10. The Hall–Kier alpha value is -3.17. The average Bonchev–Trinajstić information content (AvgIpc) is 3.36. The van der Waals surface area contributed by atoms with E-state index in [0.717, 1.165) is 33.0 Å². The van der Waals surface area contributed by atoms with E-state index in [1.54, 1.807) is 16.8 Å². The Bertz CT molecular complexity index is 1480. The van der Waals surface area contributed by atoms with Crippen molar-refractivity contribution in [3.8, 4) is 5.69 Å². The number of pyridine rings is 1. The third-order valence-corrected chi connectivity index (χ3v) is 7.96. The van der Waals surface area contributed by atoms with E-state index in [1.165, 1.54) is 12.1 Å². The molecule has 0 spiro atoms. The van der Waals surface area contributed by atoms with Crippen molar-refractivity contribution < 1.29 is 13.2 Å². The number of thiocarbonyl (C=S) groups is 1. The lowest BCUT2D eigenvalue weighted by molar-refractivity contribution is -0.137. The van der Waals surface area contributed by atoms with Gasteiger partial charge in [0.25, 0.3) is 0 Å². The van der Waals surface area contributed by atoms with Crippen molar-refractivity contribution in [2.75, 3.05) is 4.90 Å². The van der Waals surface area contributed by atoms with Crippen molar-refractivity contribution in [2.45, 2.75) is 39.0 Å². The molecule has 1 saturated heterocycles. The van der Waals surface area contributed by atoms with Gasteiger partial charge in [0.05, 0.1) is 29.0 Å². The molecule has 190 valence electrons. The first-order valence-electron chi connectivity index (χ1n) is 11.7. The largest absolute Gasteiger partial charge is 0.418 e. The number of hydrogen-bond donors (Lipinski definition) is 1. The summed E-state index contributed by atoms with van der Waals surface area (Å²) in [5.41, 5.74) is 4.45. The maximum absolute atomic E-state index is 13.9. The normalized spacial score (nSPS) is 17.8. The monoisotopic (exact) mass is 584 g/mol. The van der Waals surface area contributed by atoms with Crippen LogP contribution in [0.1, 0.15) is 45.9 Å². The lowest BCUT2D eigenvalue weighted by Gasteiger charge is -2.28. The molecule has 0 unspecified atom stereocenters. The number of hydrogen-bond acceptors (Lipinski definition) is 2. The topological polar surface area (TPSA) is 33.1 Å². The van der Waals surface area contributed by atoms with Gasteiger partial charge in [0.2, 0.25) is 0 Å². The molecule has 0 radical (unpaired) electrons. The first-order chi connectivity index (χ1) is 17.6. The smallest absolute Gasteiger partial charge is 0.351 e. The third kappa shape index (κ3) is 4.55. The average molecular weight is 585 g/mol. The number of nitrogens with one attached hydrogen (secondary N) is 1. The Balaban J connectivity index is 1.71. The number of nitrogens with zero attached hydrogens (tertiary/aromatic N) is 3. The predicted molar refractivity (Wildman–Crippen MR) is 147 cm³/mol. The summed E-state index contributed by atoms with van der Waals surface area (Å²) in [5, 5.41) is 3.96.